The Morgan fingerprint density at radius 1 is 1.22 bits per heavy atom. The van der Waals surface area contributed by atoms with E-state index in [9.17, 15) is 0 Å². The average molecular weight is 260 g/mol. The lowest BCUT2D eigenvalue weighted by molar-refractivity contribution is 0.100. The Labute approximate surface area is 111 Å². The maximum absolute atomic E-state index is 6.09. The fourth-order valence-electron chi connectivity index (χ4n) is 2.22. The van der Waals surface area contributed by atoms with Crippen LogP contribution in [0.1, 0.15) is 12.8 Å². The first-order valence-electron chi connectivity index (χ1n) is 6.22. The standard InChI is InChI=1S/C14H16N2OS/c15-12-9-16-13-4-2-1-3-11(13)14(12)18-10-5-7-17-8-6-10/h1-4,9-10H,5-8,15H2. The minimum Gasteiger partial charge on any atom is -0.397 e. The summed E-state index contributed by atoms with van der Waals surface area (Å²) in [5.74, 6) is 0. The molecule has 0 amide bonds. The summed E-state index contributed by atoms with van der Waals surface area (Å²) >= 11 is 1.88. The van der Waals surface area contributed by atoms with Crippen molar-refractivity contribution in [3.63, 3.8) is 0 Å². The number of anilines is 1. The van der Waals surface area contributed by atoms with Gasteiger partial charge in [-0.05, 0) is 18.9 Å². The summed E-state index contributed by atoms with van der Waals surface area (Å²) in [6.07, 6.45) is 3.96. The number of para-hydroxylation sites is 1. The lowest BCUT2D eigenvalue weighted by Crippen LogP contribution is -2.17. The summed E-state index contributed by atoms with van der Waals surface area (Å²) < 4.78 is 5.40. The molecule has 2 heterocycles. The molecule has 3 nitrogen and oxygen atoms in total. The van der Waals surface area contributed by atoms with Gasteiger partial charge in [0, 0.05) is 28.7 Å². The zero-order valence-electron chi connectivity index (χ0n) is 10.1. The molecule has 1 aromatic carbocycles. The molecule has 0 aliphatic carbocycles. The van der Waals surface area contributed by atoms with Gasteiger partial charge in [0.1, 0.15) is 0 Å². The number of thioether (sulfide) groups is 1. The number of pyridine rings is 1. The molecule has 2 N–H and O–H groups in total. The Balaban J connectivity index is 1.96. The number of benzene rings is 1. The third-order valence-electron chi connectivity index (χ3n) is 3.21. The number of nitrogens with zero attached hydrogens (tertiary/aromatic N) is 1. The van der Waals surface area contributed by atoms with Crippen LogP contribution in [0.2, 0.25) is 0 Å². The molecule has 0 saturated carbocycles. The fraction of sp³-hybridized carbons (Fsp3) is 0.357. The molecule has 2 aromatic rings. The minimum atomic E-state index is 0.604. The van der Waals surface area contributed by atoms with Crippen LogP contribution in [0.3, 0.4) is 0 Å². The lowest BCUT2D eigenvalue weighted by atomic mass is 10.2. The number of aromatic nitrogens is 1. The van der Waals surface area contributed by atoms with Crippen LogP contribution in [-0.2, 0) is 4.74 Å². The predicted molar refractivity (Wildman–Crippen MR) is 75.9 cm³/mol. The van der Waals surface area contributed by atoms with Gasteiger partial charge < -0.3 is 10.5 Å². The average Bonchev–Trinajstić information content (AvgIpc) is 2.43. The quantitative estimate of drug-likeness (QED) is 0.901. The summed E-state index contributed by atoms with van der Waals surface area (Å²) in [7, 11) is 0. The van der Waals surface area contributed by atoms with Crippen LogP contribution in [0.5, 0.6) is 0 Å². The minimum absolute atomic E-state index is 0.604. The smallest absolute Gasteiger partial charge is 0.0714 e. The van der Waals surface area contributed by atoms with Gasteiger partial charge in [0.05, 0.1) is 17.4 Å². The van der Waals surface area contributed by atoms with Crippen LogP contribution < -0.4 is 5.73 Å². The predicted octanol–water partition coefficient (Wildman–Crippen LogP) is 3.09. The summed E-state index contributed by atoms with van der Waals surface area (Å²) in [5, 5.41) is 1.76. The van der Waals surface area contributed by atoms with Crippen LogP contribution >= 0.6 is 11.8 Å². The third-order valence-corrected chi connectivity index (χ3v) is 4.70. The molecule has 1 saturated heterocycles. The van der Waals surface area contributed by atoms with Crippen LogP contribution in [0.15, 0.2) is 35.4 Å². The number of ether oxygens (including phenoxy) is 1. The van der Waals surface area contributed by atoms with E-state index in [4.69, 9.17) is 10.5 Å². The van der Waals surface area contributed by atoms with Crippen LogP contribution in [0.25, 0.3) is 10.9 Å². The Bertz CT molecular complexity index is 552. The molecule has 0 atom stereocenters. The molecule has 18 heavy (non-hydrogen) atoms. The highest BCUT2D eigenvalue weighted by Gasteiger charge is 2.17. The second-order valence-corrected chi connectivity index (χ2v) is 5.80. The first kappa shape index (κ1) is 11.8. The van der Waals surface area contributed by atoms with Crippen molar-refractivity contribution in [2.45, 2.75) is 23.0 Å². The van der Waals surface area contributed by atoms with Crippen molar-refractivity contribution in [2.24, 2.45) is 0 Å². The van der Waals surface area contributed by atoms with E-state index in [0.29, 0.717) is 5.25 Å². The number of nitrogens with two attached hydrogens (primary N) is 1. The van der Waals surface area contributed by atoms with Crippen molar-refractivity contribution < 1.29 is 4.74 Å². The SMILES string of the molecule is Nc1cnc2ccccc2c1SC1CCOCC1. The molecule has 1 aliphatic heterocycles. The first-order valence-corrected chi connectivity index (χ1v) is 7.10. The molecule has 0 bridgehead atoms. The molecule has 1 aliphatic rings. The van der Waals surface area contributed by atoms with Crippen molar-refractivity contribution >= 4 is 28.4 Å². The molecule has 4 heteroatoms. The maximum Gasteiger partial charge on any atom is 0.0714 e. The number of hydrogen-bond donors (Lipinski definition) is 1. The maximum atomic E-state index is 6.09. The van der Waals surface area contributed by atoms with Gasteiger partial charge in [-0.1, -0.05) is 18.2 Å². The van der Waals surface area contributed by atoms with E-state index in [1.165, 1.54) is 4.90 Å². The number of nitrogen functional groups attached to an aromatic ring is 1. The molecule has 94 valence electrons. The number of hydrogen-bond acceptors (Lipinski definition) is 4. The van der Waals surface area contributed by atoms with Gasteiger partial charge in [0.25, 0.3) is 0 Å². The Morgan fingerprint density at radius 3 is 2.83 bits per heavy atom. The van der Waals surface area contributed by atoms with Gasteiger partial charge in [-0.15, -0.1) is 11.8 Å². The molecular weight excluding hydrogens is 244 g/mol. The van der Waals surface area contributed by atoms with Gasteiger partial charge in [0.15, 0.2) is 0 Å². The van der Waals surface area contributed by atoms with Crippen LogP contribution in [0.4, 0.5) is 5.69 Å². The summed E-state index contributed by atoms with van der Waals surface area (Å²) in [5.41, 5.74) is 7.89. The monoisotopic (exact) mass is 260 g/mol. The van der Waals surface area contributed by atoms with Crippen molar-refractivity contribution in [1.82, 2.24) is 4.98 Å². The summed E-state index contributed by atoms with van der Waals surface area (Å²) in [6, 6.07) is 8.18. The Hall–Kier alpha value is -1.26. The molecule has 3 rings (SSSR count). The first-order chi connectivity index (χ1) is 8.84. The largest absolute Gasteiger partial charge is 0.397 e. The zero-order chi connectivity index (χ0) is 12.4. The van der Waals surface area contributed by atoms with Crippen LogP contribution in [-0.4, -0.2) is 23.4 Å². The van der Waals surface area contributed by atoms with Gasteiger partial charge in [0.2, 0.25) is 0 Å². The van der Waals surface area contributed by atoms with E-state index < -0.39 is 0 Å². The second kappa shape index (κ2) is 5.16. The zero-order valence-corrected chi connectivity index (χ0v) is 11.0. The van der Waals surface area contributed by atoms with Crippen LogP contribution in [0, 0.1) is 0 Å². The fourth-order valence-corrected chi connectivity index (χ4v) is 3.47. The third kappa shape index (κ3) is 2.31. The molecule has 0 unspecified atom stereocenters. The highest BCUT2D eigenvalue weighted by molar-refractivity contribution is 8.00. The van der Waals surface area contributed by atoms with Crippen molar-refractivity contribution in [2.75, 3.05) is 18.9 Å². The molecule has 0 radical (unpaired) electrons. The molecule has 1 fully saturated rings. The van der Waals surface area contributed by atoms with E-state index >= 15 is 0 Å². The van der Waals surface area contributed by atoms with Crippen molar-refractivity contribution in [1.29, 1.82) is 0 Å². The van der Waals surface area contributed by atoms with Crippen molar-refractivity contribution in [3.05, 3.63) is 30.5 Å². The van der Waals surface area contributed by atoms with Gasteiger partial charge in [-0.3, -0.25) is 4.98 Å². The van der Waals surface area contributed by atoms with Gasteiger partial charge >= 0.3 is 0 Å². The van der Waals surface area contributed by atoms with Crippen molar-refractivity contribution in [3.8, 4) is 0 Å². The van der Waals surface area contributed by atoms with E-state index in [2.05, 4.69) is 11.1 Å². The second-order valence-electron chi connectivity index (χ2n) is 4.49. The highest BCUT2D eigenvalue weighted by Crippen LogP contribution is 2.37. The normalized spacial score (nSPS) is 17.1. The molecule has 1 aromatic heterocycles. The van der Waals surface area contributed by atoms with E-state index in [1.807, 2.05) is 30.0 Å². The summed E-state index contributed by atoms with van der Waals surface area (Å²) in [4.78, 5) is 5.55. The van der Waals surface area contributed by atoms with E-state index in [1.54, 1.807) is 6.20 Å². The lowest BCUT2D eigenvalue weighted by Gasteiger charge is -2.22. The Morgan fingerprint density at radius 2 is 2.00 bits per heavy atom. The topological polar surface area (TPSA) is 48.1 Å². The van der Waals surface area contributed by atoms with E-state index in [-0.39, 0.29) is 0 Å². The Kier molecular flexibility index (Phi) is 3.39. The van der Waals surface area contributed by atoms with Gasteiger partial charge in [-0.2, -0.15) is 0 Å². The number of fused-ring (bicyclic) bond motifs is 1. The molecular formula is C14H16N2OS. The highest BCUT2D eigenvalue weighted by atomic mass is 32.2. The van der Waals surface area contributed by atoms with E-state index in [0.717, 1.165) is 42.6 Å². The van der Waals surface area contributed by atoms with Gasteiger partial charge in [-0.25, -0.2) is 0 Å². The number of rotatable bonds is 2. The molecule has 0 spiro atoms. The summed E-state index contributed by atoms with van der Waals surface area (Å²) in [6.45, 7) is 1.72.